The van der Waals surface area contributed by atoms with Crippen LogP contribution in [0.3, 0.4) is 0 Å². The van der Waals surface area contributed by atoms with Gasteiger partial charge >= 0.3 is 0 Å². The van der Waals surface area contributed by atoms with Crippen LogP contribution in [0.4, 0.5) is 4.39 Å². The molecule has 0 saturated heterocycles. The van der Waals surface area contributed by atoms with Crippen molar-refractivity contribution in [1.82, 2.24) is 4.72 Å². The van der Waals surface area contributed by atoms with Gasteiger partial charge in [0.1, 0.15) is 5.82 Å². The minimum atomic E-state index is -3.63. The van der Waals surface area contributed by atoms with Crippen molar-refractivity contribution in [2.75, 3.05) is 6.54 Å². The zero-order chi connectivity index (χ0) is 16.7. The van der Waals surface area contributed by atoms with Gasteiger partial charge in [0.25, 0.3) is 0 Å². The molecule has 6 heteroatoms. The molecule has 0 spiro atoms. The molecule has 0 radical (unpaired) electrons. The number of halogens is 2. The number of hydrogen-bond donors (Lipinski definition) is 1. The minimum Gasteiger partial charge on any atom is -0.210 e. The van der Waals surface area contributed by atoms with Crippen LogP contribution in [0.1, 0.15) is 24.0 Å². The Hall–Kier alpha value is -1.43. The van der Waals surface area contributed by atoms with E-state index in [9.17, 15) is 12.8 Å². The van der Waals surface area contributed by atoms with Crippen LogP contribution in [-0.4, -0.2) is 15.0 Å². The summed E-state index contributed by atoms with van der Waals surface area (Å²) in [4.78, 5) is 0.194. The summed E-state index contributed by atoms with van der Waals surface area (Å²) in [6.45, 7) is 1.98. The average molecular weight is 354 g/mol. The van der Waals surface area contributed by atoms with Gasteiger partial charge in [-0.15, -0.1) is 0 Å². The van der Waals surface area contributed by atoms with Gasteiger partial charge in [0.15, 0.2) is 0 Å². The van der Waals surface area contributed by atoms with Crippen molar-refractivity contribution >= 4 is 21.6 Å². The molecule has 2 aromatic rings. The monoisotopic (exact) mass is 353 g/mol. The molecule has 0 amide bonds. The topological polar surface area (TPSA) is 46.2 Å². The molecule has 23 heavy (non-hydrogen) atoms. The summed E-state index contributed by atoms with van der Waals surface area (Å²) >= 11 is 6.01. The van der Waals surface area contributed by atoms with Crippen LogP contribution >= 0.6 is 11.6 Å². The SMILES string of the molecule is Cc1c(Cl)cccc1S(=O)(=O)NCC1(c2ccc(F)cc2)CC1. The third-order valence-corrected chi connectivity index (χ3v) is 6.37. The van der Waals surface area contributed by atoms with Crippen molar-refractivity contribution in [1.29, 1.82) is 0 Å². The van der Waals surface area contributed by atoms with Gasteiger partial charge in [-0.3, -0.25) is 0 Å². The highest BCUT2D eigenvalue weighted by Gasteiger charge is 2.44. The quantitative estimate of drug-likeness (QED) is 0.888. The van der Waals surface area contributed by atoms with Gasteiger partial charge < -0.3 is 0 Å². The van der Waals surface area contributed by atoms with E-state index < -0.39 is 10.0 Å². The van der Waals surface area contributed by atoms with E-state index in [4.69, 9.17) is 11.6 Å². The Kier molecular flexibility index (Phi) is 4.21. The van der Waals surface area contributed by atoms with Crippen molar-refractivity contribution in [3.05, 3.63) is 64.4 Å². The molecular weight excluding hydrogens is 337 g/mol. The molecule has 2 aromatic carbocycles. The van der Waals surface area contributed by atoms with Gasteiger partial charge in [0.05, 0.1) is 4.90 Å². The number of benzene rings is 2. The summed E-state index contributed by atoms with van der Waals surface area (Å²) in [6, 6.07) is 11.1. The standard InChI is InChI=1S/C17H17ClFNO2S/c1-12-15(18)3-2-4-16(12)23(21,22)20-11-17(9-10-17)13-5-7-14(19)8-6-13/h2-8,20H,9-11H2,1H3. The Labute approximate surface area is 140 Å². The summed E-state index contributed by atoms with van der Waals surface area (Å²) in [5, 5.41) is 0.424. The lowest BCUT2D eigenvalue weighted by molar-refractivity contribution is 0.565. The van der Waals surface area contributed by atoms with Crippen LogP contribution in [0.25, 0.3) is 0 Å². The second-order valence-corrected chi connectivity index (χ2v) is 8.12. The van der Waals surface area contributed by atoms with E-state index in [-0.39, 0.29) is 16.1 Å². The van der Waals surface area contributed by atoms with Gasteiger partial charge in [0, 0.05) is 17.0 Å². The van der Waals surface area contributed by atoms with Crippen molar-refractivity contribution < 1.29 is 12.8 Å². The Bertz CT molecular complexity index is 830. The van der Waals surface area contributed by atoms with Crippen molar-refractivity contribution in [2.45, 2.75) is 30.1 Å². The first-order valence-electron chi connectivity index (χ1n) is 7.35. The maximum atomic E-state index is 13.0. The highest BCUT2D eigenvalue weighted by Crippen LogP contribution is 2.47. The van der Waals surface area contributed by atoms with E-state index in [1.54, 1.807) is 37.3 Å². The molecule has 1 N–H and O–H groups in total. The van der Waals surface area contributed by atoms with Crippen molar-refractivity contribution in [3.8, 4) is 0 Å². The Morgan fingerprint density at radius 1 is 1.17 bits per heavy atom. The van der Waals surface area contributed by atoms with E-state index in [0.717, 1.165) is 18.4 Å². The Morgan fingerprint density at radius 3 is 2.43 bits per heavy atom. The Morgan fingerprint density at radius 2 is 1.83 bits per heavy atom. The third kappa shape index (κ3) is 3.27. The predicted octanol–water partition coefficient (Wildman–Crippen LogP) is 3.80. The first-order valence-corrected chi connectivity index (χ1v) is 9.21. The fourth-order valence-electron chi connectivity index (χ4n) is 2.71. The number of hydrogen-bond acceptors (Lipinski definition) is 2. The summed E-state index contributed by atoms with van der Waals surface area (Å²) in [7, 11) is -3.63. The Balaban J connectivity index is 1.80. The smallest absolute Gasteiger partial charge is 0.210 e. The van der Waals surface area contributed by atoms with E-state index in [0.29, 0.717) is 17.1 Å². The van der Waals surface area contributed by atoms with Gasteiger partial charge in [-0.25, -0.2) is 17.5 Å². The molecule has 3 nitrogen and oxygen atoms in total. The highest BCUT2D eigenvalue weighted by molar-refractivity contribution is 7.89. The van der Waals surface area contributed by atoms with E-state index in [1.165, 1.54) is 12.1 Å². The lowest BCUT2D eigenvalue weighted by Gasteiger charge is -2.17. The van der Waals surface area contributed by atoms with Gasteiger partial charge in [0.2, 0.25) is 10.0 Å². The molecule has 122 valence electrons. The first kappa shape index (κ1) is 16.4. The van der Waals surface area contributed by atoms with E-state index in [1.807, 2.05) is 0 Å². The number of nitrogens with one attached hydrogen (secondary N) is 1. The largest absolute Gasteiger partial charge is 0.240 e. The normalized spacial score (nSPS) is 16.3. The maximum absolute atomic E-state index is 13.0. The van der Waals surface area contributed by atoms with Gasteiger partial charge in [-0.05, 0) is 55.2 Å². The average Bonchev–Trinajstić information content (AvgIpc) is 3.30. The maximum Gasteiger partial charge on any atom is 0.240 e. The molecule has 1 aliphatic carbocycles. The minimum absolute atomic E-state index is 0.194. The summed E-state index contributed by atoms with van der Waals surface area (Å²) in [5.41, 5.74) is 1.27. The molecule has 1 fully saturated rings. The van der Waals surface area contributed by atoms with Gasteiger partial charge in [-0.2, -0.15) is 0 Å². The van der Waals surface area contributed by atoms with Crippen LogP contribution in [0, 0.1) is 12.7 Å². The third-order valence-electron chi connectivity index (χ3n) is 4.42. The second-order valence-electron chi connectivity index (χ2n) is 5.97. The fraction of sp³-hybridized carbons (Fsp3) is 0.294. The van der Waals surface area contributed by atoms with Crippen LogP contribution < -0.4 is 4.72 Å². The molecule has 1 aliphatic rings. The molecule has 0 aliphatic heterocycles. The number of sulfonamides is 1. The molecular formula is C17H17ClFNO2S. The van der Waals surface area contributed by atoms with Crippen LogP contribution in [0.15, 0.2) is 47.4 Å². The van der Waals surface area contributed by atoms with Crippen LogP contribution in [-0.2, 0) is 15.4 Å². The predicted molar refractivity (Wildman–Crippen MR) is 88.7 cm³/mol. The first-order chi connectivity index (χ1) is 10.8. The van der Waals surface area contributed by atoms with Crippen molar-refractivity contribution in [2.24, 2.45) is 0 Å². The molecule has 0 unspecified atom stereocenters. The van der Waals surface area contributed by atoms with Crippen LogP contribution in [0.2, 0.25) is 5.02 Å². The van der Waals surface area contributed by atoms with Crippen molar-refractivity contribution in [3.63, 3.8) is 0 Å². The van der Waals surface area contributed by atoms with E-state index >= 15 is 0 Å². The van der Waals surface area contributed by atoms with Crippen LogP contribution in [0.5, 0.6) is 0 Å². The highest BCUT2D eigenvalue weighted by atomic mass is 35.5. The zero-order valence-corrected chi connectivity index (χ0v) is 14.2. The molecule has 1 saturated carbocycles. The fourth-order valence-corrected chi connectivity index (χ4v) is 4.33. The molecule has 3 rings (SSSR count). The second kappa shape index (κ2) is 5.89. The summed E-state index contributed by atoms with van der Waals surface area (Å²) in [5.74, 6) is -0.292. The summed E-state index contributed by atoms with van der Waals surface area (Å²) < 4.78 is 40.8. The van der Waals surface area contributed by atoms with E-state index in [2.05, 4.69) is 4.72 Å². The molecule has 0 aromatic heterocycles. The molecule has 0 heterocycles. The zero-order valence-electron chi connectivity index (χ0n) is 12.6. The number of rotatable bonds is 5. The van der Waals surface area contributed by atoms with Gasteiger partial charge in [-0.1, -0.05) is 29.8 Å². The summed E-state index contributed by atoms with van der Waals surface area (Å²) in [6.07, 6.45) is 1.77. The lowest BCUT2D eigenvalue weighted by atomic mass is 9.96. The molecule has 0 atom stereocenters. The lowest BCUT2D eigenvalue weighted by Crippen LogP contribution is -2.32. The molecule has 0 bridgehead atoms.